The molecule has 0 saturated carbocycles. The molecule has 0 aliphatic carbocycles. The molecule has 0 bridgehead atoms. The molecular formula is C21H17Cl3N4. The summed E-state index contributed by atoms with van der Waals surface area (Å²) in [6.07, 6.45) is 0. The maximum absolute atomic E-state index is 6.27. The fourth-order valence-corrected chi connectivity index (χ4v) is 3.92. The van der Waals surface area contributed by atoms with Crippen molar-refractivity contribution in [3.63, 3.8) is 0 Å². The highest BCUT2D eigenvalue weighted by atomic mass is 35.5. The molecule has 0 radical (unpaired) electrons. The quantitative estimate of drug-likeness (QED) is 0.322. The van der Waals surface area contributed by atoms with Gasteiger partial charge in [0.15, 0.2) is 5.96 Å². The van der Waals surface area contributed by atoms with Crippen LogP contribution >= 0.6 is 34.8 Å². The summed E-state index contributed by atoms with van der Waals surface area (Å²) >= 11 is 18.5. The molecule has 4 aromatic rings. The molecule has 1 heterocycles. The van der Waals surface area contributed by atoms with E-state index in [4.69, 9.17) is 46.3 Å². The second-order valence-electron chi connectivity index (χ2n) is 6.48. The van der Waals surface area contributed by atoms with Crippen LogP contribution in [0.15, 0.2) is 59.6 Å². The summed E-state index contributed by atoms with van der Waals surface area (Å²) in [5.41, 5.74) is 15.1. The Labute approximate surface area is 177 Å². The van der Waals surface area contributed by atoms with Gasteiger partial charge < -0.3 is 16.0 Å². The fourth-order valence-electron chi connectivity index (χ4n) is 3.45. The Hall–Kier alpha value is -2.40. The summed E-state index contributed by atoms with van der Waals surface area (Å²) < 4.78 is 2.20. The summed E-state index contributed by atoms with van der Waals surface area (Å²) in [6, 6.07) is 17.8. The topological polar surface area (TPSA) is 69.3 Å². The van der Waals surface area contributed by atoms with Crippen molar-refractivity contribution in [2.24, 2.45) is 16.5 Å². The zero-order valence-electron chi connectivity index (χ0n) is 14.8. The first-order chi connectivity index (χ1) is 13.4. The number of aromatic nitrogens is 1. The molecule has 0 aliphatic heterocycles. The van der Waals surface area contributed by atoms with Crippen molar-refractivity contribution in [3.05, 3.63) is 69.7 Å². The van der Waals surface area contributed by atoms with Crippen LogP contribution in [0.25, 0.3) is 32.9 Å². The number of halogens is 3. The van der Waals surface area contributed by atoms with E-state index in [2.05, 4.69) is 27.8 Å². The molecule has 0 saturated heterocycles. The molecular weight excluding hydrogens is 415 g/mol. The Morgan fingerprint density at radius 1 is 0.786 bits per heavy atom. The van der Waals surface area contributed by atoms with Crippen LogP contribution in [0.4, 0.5) is 0 Å². The van der Waals surface area contributed by atoms with Gasteiger partial charge in [0.25, 0.3) is 0 Å². The lowest BCUT2D eigenvalue weighted by Gasteiger charge is -2.07. The number of hydrogen-bond donors (Lipinski definition) is 2. The number of hydrogen-bond acceptors (Lipinski definition) is 1. The standard InChI is InChI=1S/C21H17Cl3N4/c22-14-3-6-20-16(11-14)15-9-12(13-1-4-17(23)18(24)10-13)2-5-19(15)28(20)8-7-27-21(25)26/h1-6,9-11H,7-8H2,(H4,25,26,27). The maximum atomic E-state index is 6.27. The van der Waals surface area contributed by atoms with Crippen LogP contribution in [0.5, 0.6) is 0 Å². The van der Waals surface area contributed by atoms with E-state index in [1.165, 1.54) is 0 Å². The first-order valence-corrected chi connectivity index (χ1v) is 9.80. The average Bonchev–Trinajstić information content (AvgIpc) is 2.96. The monoisotopic (exact) mass is 430 g/mol. The lowest BCUT2D eigenvalue weighted by molar-refractivity contribution is 0.757. The number of nitrogens with zero attached hydrogens (tertiary/aromatic N) is 2. The number of fused-ring (bicyclic) bond motifs is 3. The molecule has 0 unspecified atom stereocenters. The molecule has 3 aromatic carbocycles. The molecule has 142 valence electrons. The van der Waals surface area contributed by atoms with Gasteiger partial charge in [0, 0.05) is 33.4 Å². The fraction of sp³-hybridized carbons (Fsp3) is 0.0952. The van der Waals surface area contributed by atoms with Crippen LogP contribution in [0.1, 0.15) is 0 Å². The first-order valence-electron chi connectivity index (χ1n) is 8.66. The Morgan fingerprint density at radius 2 is 1.43 bits per heavy atom. The highest BCUT2D eigenvalue weighted by Crippen LogP contribution is 2.35. The molecule has 0 atom stereocenters. The van der Waals surface area contributed by atoms with Crippen LogP contribution in [-0.4, -0.2) is 17.1 Å². The van der Waals surface area contributed by atoms with E-state index >= 15 is 0 Å². The Bertz CT molecular complexity index is 1220. The summed E-state index contributed by atoms with van der Waals surface area (Å²) in [7, 11) is 0. The summed E-state index contributed by atoms with van der Waals surface area (Å²) in [5, 5.41) is 3.94. The van der Waals surface area contributed by atoms with Gasteiger partial charge in [0.05, 0.1) is 16.6 Å². The number of guanidine groups is 1. The van der Waals surface area contributed by atoms with Crippen molar-refractivity contribution in [2.45, 2.75) is 6.54 Å². The number of benzene rings is 3. The third-order valence-electron chi connectivity index (χ3n) is 4.70. The summed E-state index contributed by atoms with van der Waals surface area (Å²) in [5.74, 6) is 0.0886. The molecule has 0 aliphatic rings. The predicted octanol–water partition coefficient (Wildman–Crippen LogP) is 5.70. The van der Waals surface area contributed by atoms with Crippen LogP contribution in [0.3, 0.4) is 0 Å². The van der Waals surface area contributed by atoms with Gasteiger partial charge in [0.2, 0.25) is 0 Å². The highest BCUT2D eigenvalue weighted by molar-refractivity contribution is 6.42. The second kappa shape index (κ2) is 7.55. The van der Waals surface area contributed by atoms with E-state index in [0.29, 0.717) is 28.2 Å². The minimum Gasteiger partial charge on any atom is -0.370 e. The highest BCUT2D eigenvalue weighted by Gasteiger charge is 2.13. The van der Waals surface area contributed by atoms with Crippen molar-refractivity contribution in [1.82, 2.24) is 4.57 Å². The van der Waals surface area contributed by atoms with Crippen molar-refractivity contribution in [3.8, 4) is 11.1 Å². The van der Waals surface area contributed by atoms with Gasteiger partial charge in [-0.1, -0.05) is 46.9 Å². The lowest BCUT2D eigenvalue weighted by Crippen LogP contribution is -2.23. The zero-order valence-corrected chi connectivity index (χ0v) is 17.1. The van der Waals surface area contributed by atoms with Crippen molar-refractivity contribution < 1.29 is 0 Å². The SMILES string of the molecule is NC(N)=NCCn1c2ccc(Cl)cc2c2cc(-c3ccc(Cl)c(Cl)c3)ccc21. The minimum absolute atomic E-state index is 0.0886. The van der Waals surface area contributed by atoms with Gasteiger partial charge in [0.1, 0.15) is 0 Å². The van der Waals surface area contributed by atoms with Crippen LogP contribution in [-0.2, 0) is 6.54 Å². The van der Waals surface area contributed by atoms with Gasteiger partial charge in [-0.3, -0.25) is 4.99 Å². The van der Waals surface area contributed by atoms with Gasteiger partial charge in [-0.05, 0) is 53.6 Å². The summed E-state index contributed by atoms with van der Waals surface area (Å²) in [4.78, 5) is 4.11. The third kappa shape index (κ3) is 3.51. The van der Waals surface area contributed by atoms with Crippen LogP contribution in [0, 0.1) is 0 Å². The summed E-state index contributed by atoms with van der Waals surface area (Å²) in [6.45, 7) is 1.16. The van der Waals surface area contributed by atoms with E-state index in [-0.39, 0.29) is 5.96 Å². The zero-order chi connectivity index (χ0) is 19.8. The molecule has 1 aromatic heterocycles. The lowest BCUT2D eigenvalue weighted by atomic mass is 10.0. The molecule has 4 nitrogen and oxygen atoms in total. The smallest absolute Gasteiger partial charge is 0.185 e. The van der Waals surface area contributed by atoms with Crippen molar-refractivity contribution >= 4 is 62.6 Å². The van der Waals surface area contributed by atoms with Crippen LogP contribution < -0.4 is 11.5 Å². The van der Waals surface area contributed by atoms with E-state index in [1.54, 1.807) is 6.07 Å². The average molecular weight is 432 g/mol. The van der Waals surface area contributed by atoms with Crippen molar-refractivity contribution in [1.29, 1.82) is 0 Å². The van der Waals surface area contributed by atoms with E-state index in [9.17, 15) is 0 Å². The number of nitrogens with two attached hydrogens (primary N) is 2. The normalized spacial score (nSPS) is 11.2. The van der Waals surface area contributed by atoms with E-state index in [1.807, 2.05) is 30.3 Å². The second-order valence-corrected chi connectivity index (χ2v) is 7.73. The Balaban J connectivity index is 1.90. The molecule has 0 spiro atoms. The number of aliphatic imine (C=N–C) groups is 1. The first kappa shape index (κ1) is 18.9. The maximum Gasteiger partial charge on any atom is 0.185 e. The molecule has 4 N–H and O–H groups in total. The molecule has 0 fully saturated rings. The molecule has 7 heteroatoms. The van der Waals surface area contributed by atoms with Gasteiger partial charge in [-0.15, -0.1) is 0 Å². The third-order valence-corrected chi connectivity index (χ3v) is 5.67. The number of rotatable bonds is 4. The van der Waals surface area contributed by atoms with Gasteiger partial charge in [-0.2, -0.15) is 0 Å². The van der Waals surface area contributed by atoms with E-state index in [0.717, 1.165) is 32.9 Å². The van der Waals surface area contributed by atoms with E-state index < -0.39 is 0 Å². The predicted molar refractivity (Wildman–Crippen MR) is 121 cm³/mol. The Morgan fingerprint density at radius 3 is 2.14 bits per heavy atom. The molecule has 0 amide bonds. The van der Waals surface area contributed by atoms with Gasteiger partial charge >= 0.3 is 0 Å². The van der Waals surface area contributed by atoms with Gasteiger partial charge in [-0.25, -0.2) is 0 Å². The molecule has 4 rings (SSSR count). The minimum atomic E-state index is 0.0886. The largest absolute Gasteiger partial charge is 0.370 e. The Kier molecular flexibility index (Phi) is 5.11. The van der Waals surface area contributed by atoms with Crippen molar-refractivity contribution in [2.75, 3.05) is 6.54 Å². The molecule has 28 heavy (non-hydrogen) atoms. The van der Waals surface area contributed by atoms with Crippen LogP contribution in [0.2, 0.25) is 15.1 Å².